The van der Waals surface area contributed by atoms with E-state index in [1.807, 2.05) is 38.1 Å². The zero-order chi connectivity index (χ0) is 37.8. The number of allylic oxidation sites excluding steroid dienone is 2. The summed E-state index contributed by atoms with van der Waals surface area (Å²) in [6.45, 7) is 4.07. The molecular weight excluding hydrogens is 724 g/mol. The summed E-state index contributed by atoms with van der Waals surface area (Å²) in [5.41, 5.74) is 2.96. The first-order chi connectivity index (χ1) is 25.9. The Morgan fingerprint density at radius 1 is 0.907 bits per heavy atom. The molecule has 0 radical (unpaired) electrons. The van der Waals surface area contributed by atoms with Crippen LogP contribution in [-0.2, 0) is 32.6 Å². The van der Waals surface area contributed by atoms with Gasteiger partial charge < -0.3 is 10.2 Å². The standard InChI is InChI=1S/C42H37ClN4O6S/c1-21-29-18-24(43)8-15-33(29)54-37(21)32-20-34(45(3)44-32)47-39(51)31-19-30-27(36(42(31,2)41(47)53)23-6-11-26(49)12-7-23)13-14-28-35(30)40(52)46(38(28)50)17-16-22-4-9-25(48)10-5-22/h4-13,15,18,20,28,30-31,35-36,48-49H,14,16-17,19H2,1-3H3. The Kier molecular flexibility index (Phi) is 7.92. The van der Waals surface area contributed by atoms with Crippen LogP contribution in [-0.4, -0.2) is 55.1 Å². The first-order valence-corrected chi connectivity index (χ1v) is 19.3. The molecule has 3 fully saturated rings. The molecule has 0 bridgehead atoms. The summed E-state index contributed by atoms with van der Waals surface area (Å²) in [6, 6.07) is 21.0. The van der Waals surface area contributed by atoms with E-state index in [2.05, 4.69) is 0 Å². The van der Waals surface area contributed by atoms with E-state index < -0.39 is 35.0 Å². The summed E-state index contributed by atoms with van der Waals surface area (Å²) in [5, 5.41) is 26.4. The number of carbonyl (C=O) groups is 4. The van der Waals surface area contributed by atoms with Gasteiger partial charge in [0.1, 0.15) is 23.0 Å². The zero-order valence-electron chi connectivity index (χ0n) is 29.8. The van der Waals surface area contributed by atoms with Gasteiger partial charge in [-0.2, -0.15) is 5.10 Å². The monoisotopic (exact) mass is 760 g/mol. The van der Waals surface area contributed by atoms with Crippen molar-refractivity contribution >= 4 is 62.5 Å². The summed E-state index contributed by atoms with van der Waals surface area (Å²) in [4.78, 5) is 61.5. The minimum atomic E-state index is -1.22. The number of aryl methyl sites for hydroxylation is 2. The number of amides is 4. The zero-order valence-corrected chi connectivity index (χ0v) is 31.4. The highest BCUT2D eigenvalue weighted by Crippen LogP contribution is 2.63. The van der Waals surface area contributed by atoms with Crippen LogP contribution in [0.15, 0.2) is 84.4 Å². The predicted molar refractivity (Wildman–Crippen MR) is 205 cm³/mol. The van der Waals surface area contributed by atoms with Crippen molar-refractivity contribution in [1.29, 1.82) is 0 Å². The van der Waals surface area contributed by atoms with Crippen molar-refractivity contribution in [3.8, 4) is 22.1 Å². The average Bonchev–Trinajstić information content (AvgIpc) is 3.82. The normalized spacial score (nSPS) is 26.4. The van der Waals surface area contributed by atoms with Gasteiger partial charge in [0.15, 0.2) is 0 Å². The number of phenols is 2. The largest absolute Gasteiger partial charge is 0.508 e. The second-order valence-electron chi connectivity index (χ2n) is 15.2. The highest BCUT2D eigenvalue weighted by atomic mass is 35.5. The van der Waals surface area contributed by atoms with Crippen LogP contribution >= 0.6 is 22.9 Å². The van der Waals surface area contributed by atoms with Crippen molar-refractivity contribution in [3.05, 3.63) is 106 Å². The SMILES string of the molecule is Cc1c(-c2cc(N3C(=O)C4CC5C(=CCC6C(=O)N(CCc7ccc(O)cc7)C(=O)C65)C(c5ccc(O)cc5)C4(C)C3=O)n(C)n2)sc2ccc(Cl)cc12. The molecule has 5 aromatic rings. The van der Waals surface area contributed by atoms with Gasteiger partial charge in [-0.25, -0.2) is 4.90 Å². The average molecular weight is 761 g/mol. The molecule has 4 heterocycles. The number of phenolic OH excluding ortho intramolecular Hbond substituents is 2. The lowest BCUT2D eigenvalue weighted by atomic mass is 9.51. The first kappa shape index (κ1) is 34.5. The molecule has 2 aromatic heterocycles. The number of benzene rings is 3. The fraction of sp³-hybridized carbons (Fsp3) is 0.310. The van der Waals surface area contributed by atoms with Gasteiger partial charge in [0.2, 0.25) is 23.6 Å². The molecule has 6 unspecified atom stereocenters. The lowest BCUT2D eigenvalue weighted by Crippen LogP contribution is -2.48. The molecular formula is C42H37ClN4O6S. The molecule has 54 heavy (non-hydrogen) atoms. The Morgan fingerprint density at radius 2 is 1.61 bits per heavy atom. The molecule has 12 heteroatoms. The van der Waals surface area contributed by atoms with E-state index in [0.29, 0.717) is 29.4 Å². The Balaban J connectivity index is 1.09. The number of nitrogens with zero attached hydrogens (tertiary/aromatic N) is 4. The van der Waals surface area contributed by atoms with Gasteiger partial charge >= 0.3 is 0 Å². The van der Waals surface area contributed by atoms with Crippen LogP contribution in [0, 0.1) is 36.0 Å². The van der Waals surface area contributed by atoms with Crippen LogP contribution < -0.4 is 4.90 Å². The minimum absolute atomic E-state index is 0.0722. The number of thiophene rings is 1. The van der Waals surface area contributed by atoms with E-state index in [1.165, 1.54) is 9.80 Å². The van der Waals surface area contributed by atoms with Crippen LogP contribution in [0.4, 0.5) is 5.82 Å². The van der Waals surface area contributed by atoms with E-state index >= 15 is 4.79 Å². The molecule has 1 saturated carbocycles. The molecule has 6 atom stereocenters. The van der Waals surface area contributed by atoms with Crippen molar-refractivity contribution in [2.75, 3.05) is 11.4 Å². The lowest BCUT2D eigenvalue weighted by Gasteiger charge is -2.49. The van der Waals surface area contributed by atoms with Crippen LogP contribution in [0.2, 0.25) is 5.02 Å². The van der Waals surface area contributed by atoms with E-state index in [0.717, 1.165) is 37.2 Å². The van der Waals surface area contributed by atoms with Crippen LogP contribution in [0.3, 0.4) is 0 Å². The molecule has 4 amide bonds. The van der Waals surface area contributed by atoms with Gasteiger partial charge in [-0.15, -0.1) is 11.3 Å². The maximum absolute atomic E-state index is 15.0. The van der Waals surface area contributed by atoms with E-state index in [1.54, 1.807) is 77.7 Å². The molecule has 2 N–H and O–H groups in total. The Labute approximate surface area is 320 Å². The summed E-state index contributed by atoms with van der Waals surface area (Å²) in [5.74, 6) is -3.64. The maximum Gasteiger partial charge on any atom is 0.242 e. The molecule has 3 aromatic carbocycles. The van der Waals surface area contributed by atoms with E-state index in [9.17, 15) is 24.6 Å². The second-order valence-corrected chi connectivity index (χ2v) is 16.7. The number of rotatable bonds is 6. The third-order valence-corrected chi connectivity index (χ3v) is 13.9. The molecule has 9 rings (SSSR count). The Hall–Kier alpha value is -5.26. The number of halogens is 1. The van der Waals surface area contributed by atoms with Crippen LogP contribution in [0.1, 0.15) is 42.4 Å². The summed E-state index contributed by atoms with van der Waals surface area (Å²) in [6.07, 6.45) is 3.06. The van der Waals surface area contributed by atoms with Gasteiger partial charge in [-0.3, -0.25) is 28.8 Å². The third-order valence-electron chi connectivity index (χ3n) is 12.4. The fourth-order valence-electron chi connectivity index (χ4n) is 9.68. The molecule has 2 saturated heterocycles. The molecule has 4 aliphatic rings. The molecule has 0 spiro atoms. The number of fused-ring (bicyclic) bond motifs is 5. The predicted octanol–water partition coefficient (Wildman–Crippen LogP) is 7.15. The summed E-state index contributed by atoms with van der Waals surface area (Å²) < 4.78 is 2.63. The van der Waals surface area contributed by atoms with Crippen molar-refractivity contribution in [2.45, 2.75) is 39.0 Å². The van der Waals surface area contributed by atoms with Crippen molar-refractivity contribution in [1.82, 2.24) is 14.7 Å². The molecule has 2 aliphatic carbocycles. The molecule has 10 nitrogen and oxygen atoms in total. The summed E-state index contributed by atoms with van der Waals surface area (Å²) >= 11 is 7.88. The van der Waals surface area contributed by atoms with E-state index in [-0.39, 0.29) is 48.1 Å². The van der Waals surface area contributed by atoms with Crippen molar-refractivity contribution in [2.24, 2.45) is 36.1 Å². The number of likely N-dealkylation sites (tertiary alicyclic amines) is 1. The number of aromatic nitrogens is 2. The van der Waals surface area contributed by atoms with Gasteiger partial charge in [-0.05, 0) is 104 Å². The van der Waals surface area contributed by atoms with Gasteiger partial charge in [0.05, 0.1) is 28.0 Å². The van der Waals surface area contributed by atoms with Gasteiger partial charge in [0, 0.05) is 35.3 Å². The quantitative estimate of drug-likeness (QED) is 0.139. The highest BCUT2D eigenvalue weighted by molar-refractivity contribution is 7.22. The molecule has 274 valence electrons. The fourth-order valence-corrected chi connectivity index (χ4v) is 11.0. The molecule has 2 aliphatic heterocycles. The van der Waals surface area contributed by atoms with E-state index in [4.69, 9.17) is 16.7 Å². The topological polar surface area (TPSA) is 133 Å². The highest BCUT2D eigenvalue weighted by Gasteiger charge is 2.67. The number of hydrogen-bond donors (Lipinski definition) is 2. The third kappa shape index (κ3) is 5.01. The number of carbonyl (C=O) groups excluding carboxylic acids is 4. The second kappa shape index (κ2) is 12.4. The maximum atomic E-state index is 15.0. The Morgan fingerprint density at radius 3 is 2.33 bits per heavy atom. The number of aromatic hydroxyl groups is 2. The smallest absolute Gasteiger partial charge is 0.242 e. The van der Waals surface area contributed by atoms with Crippen LogP contribution in [0.25, 0.3) is 20.7 Å². The Bertz CT molecular complexity index is 2450. The van der Waals surface area contributed by atoms with Crippen LogP contribution in [0.5, 0.6) is 11.5 Å². The first-order valence-electron chi connectivity index (χ1n) is 18.1. The van der Waals surface area contributed by atoms with Gasteiger partial charge in [-0.1, -0.05) is 47.5 Å². The van der Waals surface area contributed by atoms with Crippen molar-refractivity contribution < 1.29 is 29.4 Å². The number of imide groups is 2. The van der Waals surface area contributed by atoms with Gasteiger partial charge in [0.25, 0.3) is 0 Å². The van der Waals surface area contributed by atoms with Crippen molar-refractivity contribution in [3.63, 3.8) is 0 Å². The number of hydrogen-bond acceptors (Lipinski definition) is 8. The summed E-state index contributed by atoms with van der Waals surface area (Å²) in [7, 11) is 1.73. The lowest BCUT2D eigenvalue weighted by molar-refractivity contribution is -0.140. The minimum Gasteiger partial charge on any atom is -0.508 e. The number of anilines is 1.